The van der Waals surface area contributed by atoms with E-state index in [2.05, 4.69) is 32.9 Å². The standard InChI is InChI=1S/C76H146O6/c1-4-7-10-13-16-19-22-25-28-31-33-35-37-38-40-41-43-45-48-51-54-57-60-63-66-69-75(78)81-72-73(71-80-74(77)68-65-62-59-56-53-50-47-30-27-24-21-18-15-12-9-6-3)82-76(79)70-67-64-61-58-55-52-49-46-44-42-39-36-34-32-29-26-23-20-17-14-11-8-5-2/h30,47,73H,4-29,31-46,48-72H2,1-3H3/b47-30-. The molecule has 0 aromatic carbocycles. The number of unbranched alkanes of at least 4 members (excludes halogenated alkanes) is 58. The van der Waals surface area contributed by atoms with Gasteiger partial charge >= 0.3 is 17.9 Å². The van der Waals surface area contributed by atoms with Gasteiger partial charge in [0.2, 0.25) is 0 Å². The molecule has 82 heavy (non-hydrogen) atoms. The Morgan fingerprint density at radius 2 is 0.402 bits per heavy atom. The van der Waals surface area contributed by atoms with E-state index in [1.165, 1.54) is 334 Å². The van der Waals surface area contributed by atoms with Crippen LogP contribution in [-0.2, 0) is 28.6 Å². The molecule has 486 valence electrons. The number of hydrogen-bond donors (Lipinski definition) is 0. The lowest BCUT2D eigenvalue weighted by molar-refractivity contribution is -0.167. The van der Waals surface area contributed by atoms with Crippen molar-refractivity contribution in [3.63, 3.8) is 0 Å². The molecule has 6 nitrogen and oxygen atoms in total. The topological polar surface area (TPSA) is 78.9 Å². The van der Waals surface area contributed by atoms with Gasteiger partial charge in [-0.1, -0.05) is 386 Å². The van der Waals surface area contributed by atoms with E-state index in [1.807, 2.05) is 0 Å². The van der Waals surface area contributed by atoms with Gasteiger partial charge in [0.05, 0.1) is 0 Å². The van der Waals surface area contributed by atoms with E-state index in [4.69, 9.17) is 14.2 Å². The molecule has 0 aromatic rings. The van der Waals surface area contributed by atoms with Crippen molar-refractivity contribution in [2.24, 2.45) is 0 Å². The quantitative estimate of drug-likeness (QED) is 0.0261. The van der Waals surface area contributed by atoms with Gasteiger partial charge in [-0.3, -0.25) is 14.4 Å². The molecule has 0 aliphatic carbocycles. The van der Waals surface area contributed by atoms with Crippen LogP contribution < -0.4 is 0 Å². The molecule has 0 aliphatic heterocycles. The minimum atomic E-state index is -0.771. The minimum Gasteiger partial charge on any atom is -0.462 e. The minimum absolute atomic E-state index is 0.0653. The van der Waals surface area contributed by atoms with Crippen LogP contribution in [0.3, 0.4) is 0 Å². The molecule has 0 saturated heterocycles. The Balaban J connectivity index is 4.24. The van der Waals surface area contributed by atoms with Gasteiger partial charge in [0.25, 0.3) is 0 Å². The second-order valence-corrected chi connectivity index (χ2v) is 25.9. The zero-order chi connectivity index (χ0) is 59.2. The van der Waals surface area contributed by atoms with Crippen molar-refractivity contribution in [2.45, 2.75) is 444 Å². The molecule has 0 rings (SSSR count). The molecule has 0 aliphatic rings. The fraction of sp³-hybridized carbons (Fsp3) is 0.934. The summed E-state index contributed by atoms with van der Waals surface area (Å²) in [6, 6.07) is 0. The fourth-order valence-corrected chi connectivity index (χ4v) is 11.9. The summed E-state index contributed by atoms with van der Waals surface area (Å²) in [5.74, 6) is -0.834. The highest BCUT2D eigenvalue weighted by atomic mass is 16.6. The Morgan fingerprint density at radius 3 is 0.610 bits per heavy atom. The van der Waals surface area contributed by atoms with Crippen molar-refractivity contribution in [2.75, 3.05) is 13.2 Å². The van der Waals surface area contributed by atoms with Gasteiger partial charge in [0, 0.05) is 19.3 Å². The predicted octanol–water partition coefficient (Wildman–Crippen LogP) is 26.0. The largest absolute Gasteiger partial charge is 0.462 e. The number of carbonyl (C=O) groups excluding carboxylic acids is 3. The van der Waals surface area contributed by atoms with Crippen LogP contribution in [-0.4, -0.2) is 37.2 Å². The first-order chi connectivity index (χ1) is 40.5. The van der Waals surface area contributed by atoms with E-state index in [1.54, 1.807) is 0 Å². The molecule has 0 heterocycles. The van der Waals surface area contributed by atoms with Crippen LogP contribution in [0.4, 0.5) is 0 Å². The summed E-state index contributed by atoms with van der Waals surface area (Å²) in [6.45, 7) is 6.74. The fourth-order valence-electron chi connectivity index (χ4n) is 11.9. The van der Waals surface area contributed by atoms with Crippen molar-refractivity contribution < 1.29 is 28.6 Å². The van der Waals surface area contributed by atoms with Crippen molar-refractivity contribution in [1.29, 1.82) is 0 Å². The summed E-state index contributed by atoms with van der Waals surface area (Å²) in [5, 5.41) is 0. The van der Waals surface area contributed by atoms with Crippen LogP contribution in [0.25, 0.3) is 0 Å². The second kappa shape index (κ2) is 71.6. The highest BCUT2D eigenvalue weighted by molar-refractivity contribution is 5.71. The van der Waals surface area contributed by atoms with Gasteiger partial charge in [0.15, 0.2) is 6.10 Å². The van der Waals surface area contributed by atoms with E-state index in [0.29, 0.717) is 19.3 Å². The van der Waals surface area contributed by atoms with Crippen molar-refractivity contribution >= 4 is 17.9 Å². The summed E-state index contributed by atoms with van der Waals surface area (Å²) in [5.41, 5.74) is 0. The summed E-state index contributed by atoms with van der Waals surface area (Å²) in [4.78, 5) is 38.5. The summed E-state index contributed by atoms with van der Waals surface area (Å²) >= 11 is 0. The second-order valence-electron chi connectivity index (χ2n) is 25.9. The SMILES string of the molecule is CCCCCCCCC/C=C\CCCCCCCC(=O)OCC(COC(=O)CCCCCCCCCCCCCCCCCCCCCCCCCCC)OC(=O)CCCCCCCCCCCCCCCCCCCCCCCCC. The summed E-state index contributed by atoms with van der Waals surface area (Å²) < 4.78 is 17.0. The molecular weight excluding hydrogens is 1010 g/mol. The predicted molar refractivity (Wildman–Crippen MR) is 358 cm³/mol. The van der Waals surface area contributed by atoms with Crippen molar-refractivity contribution in [1.82, 2.24) is 0 Å². The smallest absolute Gasteiger partial charge is 0.306 e. The van der Waals surface area contributed by atoms with Gasteiger partial charge in [-0.05, 0) is 44.9 Å². The normalized spacial score (nSPS) is 12.0. The Hall–Kier alpha value is -1.85. The molecule has 6 heteroatoms. The zero-order valence-corrected chi connectivity index (χ0v) is 56.1. The number of esters is 3. The molecular formula is C76H146O6. The maximum Gasteiger partial charge on any atom is 0.306 e. The van der Waals surface area contributed by atoms with Gasteiger partial charge in [-0.15, -0.1) is 0 Å². The molecule has 0 amide bonds. The Bertz CT molecular complexity index is 1280. The van der Waals surface area contributed by atoms with E-state index in [9.17, 15) is 14.4 Å². The first kappa shape index (κ1) is 80.2. The first-order valence-electron chi connectivity index (χ1n) is 37.7. The monoisotopic (exact) mass is 1160 g/mol. The van der Waals surface area contributed by atoms with E-state index >= 15 is 0 Å². The van der Waals surface area contributed by atoms with E-state index in [-0.39, 0.29) is 31.1 Å². The van der Waals surface area contributed by atoms with Crippen LogP contribution >= 0.6 is 0 Å². The third-order valence-electron chi connectivity index (χ3n) is 17.5. The number of allylic oxidation sites excluding steroid dienone is 2. The number of rotatable bonds is 71. The lowest BCUT2D eigenvalue weighted by atomic mass is 10.0. The van der Waals surface area contributed by atoms with Crippen molar-refractivity contribution in [3.05, 3.63) is 12.2 Å². The molecule has 0 N–H and O–H groups in total. The first-order valence-corrected chi connectivity index (χ1v) is 37.7. The Labute approximate surface area is 513 Å². The third kappa shape index (κ3) is 68.9. The maximum absolute atomic E-state index is 13.0. The Morgan fingerprint density at radius 1 is 0.232 bits per heavy atom. The Kier molecular flexibility index (Phi) is 70.0. The molecule has 0 aromatic heterocycles. The summed E-state index contributed by atoms with van der Waals surface area (Å²) in [7, 11) is 0. The molecule has 0 radical (unpaired) electrons. The van der Waals surface area contributed by atoms with Crippen LogP contribution in [0.2, 0.25) is 0 Å². The number of hydrogen-bond acceptors (Lipinski definition) is 6. The van der Waals surface area contributed by atoms with Gasteiger partial charge in [-0.25, -0.2) is 0 Å². The van der Waals surface area contributed by atoms with Crippen molar-refractivity contribution in [3.8, 4) is 0 Å². The molecule has 1 atom stereocenters. The van der Waals surface area contributed by atoms with Crippen LogP contribution in [0.1, 0.15) is 438 Å². The summed E-state index contributed by atoms with van der Waals surface area (Å²) in [6.07, 6.45) is 86.9. The van der Waals surface area contributed by atoms with Crippen LogP contribution in [0.5, 0.6) is 0 Å². The van der Waals surface area contributed by atoms with Gasteiger partial charge in [0.1, 0.15) is 13.2 Å². The lowest BCUT2D eigenvalue weighted by Gasteiger charge is -2.18. The molecule has 1 unspecified atom stereocenters. The molecule has 0 spiro atoms. The van der Waals surface area contributed by atoms with Crippen LogP contribution in [0.15, 0.2) is 12.2 Å². The van der Waals surface area contributed by atoms with Crippen LogP contribution in [0, 0.1) is 0 Å². The molecule has 0 saturated carbocycles. The molecule has 0 fully saturated rings. The highest BCUT2D eigenvalue weighted by Crippen LogP contribution is 2.20. The van der Waals surface area contributed by atoms with E-state index < -0.39 is 6.10 Å². The molecule has 0 bridgehead atoms. The van der Waals surface area contributed by atoms with Gasteiger partial charge < -0.3 is 14.2 Å². The number of ether oxygens (including phenoxy) is 3. The van der Waals surface area contributed by atoms with E-state index in [0.717, 1.165) is 64.2 Å². The maximum atomic E-state index is 13.0. The van der Waals surface area contributed by atoms with Gasteiger partial charge in [-0.2, -0.15) is 0 Å². The zero-order valence-electron chi connectivity index (χ0n) is 56.1. The third-order valence-corrected chi connectivity index (χ3v) is 17.5. The number of carbonyl (C=O) groups is 3. The average Bonchev–Trinajstić information content (AvgIpc) is 3.48. The lowest BCUT2D eigenvalue weighted by Crippen LogP contribution is -2.30. The average molecular weight is 1160 g/mol. The highest BCUT2D eigenvalue weighted by Gasteiger charge is 2.20.